The number of hydrogen-bond donors (Lipinski definition) is 1. The molecule has 3 aromatic rings. The molecular formula is C32H41N3O6S. The number of aryl methyl sites for hydroxylation is 1. The second kappa shape index (κ2) is 13.7. The standard InChI is InChI=1S/C32H41N3O6S/c1-23-13-11-12-16-25(23)21-34(28(31(37)33-32(2,3)4)19-24-14-9-8-10-15-24)30(36)22-35(42(7,38)39)27-18-17-26(40-5)20-29(27)41-6/h8-18,20,28H,19,21-22H2,1-7H3,(H,33,37). The number of benzene rings is 3. The molecule has 3 aromatic carbocycles. The molecule has 0 aliphatic heterocycles. The number of anilines is 1. The van der Waals surface area contributed by atoms with Crippen molar-refractivity contribution < 1.29 is 27.5 Å². The number of sulfonamides is 1. The van der Waals surface area contributed by atoms with Crippen molar-refractivity contribution in [3.8, 4) is 11.5 Å². The number of rotatable bonds is 12. The Kier molecular flexibility index (Phi) is 10.6. The molecule has 0 aliphatic rings. The molecule has 3 rings (SSSR count). The lowest BCUT2D eigenvalue weighted by Gasteiger charge is -2.35. The molecule has 1 N–H and O–H groups in total. The van der Waals surface area contributed by atoms with E-state index in [4.69, 9.17) is 9.47 Å². The predicted octanol–water partition coefficient (Wildman–Crippen LogP) is 4.33. The van der Waals surface area contributed by atoms with Crippen LogP contribution in [-0.2, 0) is 32.6 Å². The molecule has 0 heterocycles. The van der Waals surface area contributed by atoms with E-state index in [0.29, 0.717) is 5.75 Å². The monoisotopic (exact) mass is 595 g/mol. The molecule has 0 aromatic heterocycles. The van der Waals surface area contributed by atoms with E-state index in [1.54, 1.807) is 12.1 Å². The molecular weight excluding hydrogens is 554 g/mol. The van der Waals surface area contributed by atoms with E-state index in [0.717, 1.165) is 27.3 Å². The summed E-state index contributed by atoms with van der Waals surface area (Å²) in [5.41, 5.74) is 2.29. The molecule has 0 bridgehead atoms. The highest BCUT2D eigenvalue weighted by Gasteiger charge is 2.35. The summed E-state index contributed by atoms with van der Waals surface area (Å²) in [5, 5.41) is 3.02. The zero-order valence-corrected chi connectivity index (χ0v) is 26.2. The van der Waals surface area contributed by atoms with Gasteiger partial charge in [-0.25, -0.2) is 8.42 Å². The third-order valence-corrected chi connectivity index (χ3v) is 7.83. The lowest BCUT2D eigenvalue weighted by atomic mass is 10.00. The van der Waals surface area contributed by atoms with Crippen LogP contribution in [0.25, 0.3) is 0 Å². The first-order chi connectivity index (χ1) is 19.7. The quantitative estimate of drug-likeness (QED) is 0.334. The molecule has 0 spiro atoms. The molecule has 1 atom stereocenters. The normalized spacial score (nSPS) is 12.3. The van der Waals surface area contributed by atoms with Gasteiger partial charge in [-0.1, -0.05) is 54.6 Å². The summed E-state index contributed by atoms with van der Waals surface area (Å²) in [4.78, 5) is 29.6. The van der Waals surface area contributed by atoms with Gasteiger partial charge in [0.25, 0.3) is 0 Å². The zero-order chi connectivity index (χ0) is 31.1. The smallest absolute Gasteiger partial charge is 0.244 e. The van der Waals surface area contributed by atoms with Gasteiger partial charge in [0.1, 0.15) is 24.1 Å². The van der Waals surface area contributed by atoms with Gasteiger partial charge in [-0.15, -0.1) is 0 Å². The number of carbonyl (C=O) groups excluding carboxylic acids is 2. The summed E-state index contributed by atoms with van der Waals surface area (Å²) >= 11 is 0. The van der Waals surface area contributed by atoms with Crippen molar-refractivity contribution in [3.05, 3.63) is 89.5 Å². The first-order valence-corrected chi connectivity index (χ1v) is 15.5. The summed E-state index contributed by atoms with van der Waals surface area (Å²) in [6.07, 6.45) is 1.27. The molecule has 2 amide bonds. The van der Waals surface area contributed by atoms with Crippen LogP contribution in [-0.4, -0.2) is 63.7 Å². The number of carbonyl (C=O) groups is 2. The highest BCUT2D eigenvalue weighted by Crippen LogP contribution is 2.34. The van der Waals surface area contributed by atoms with Crippen LogP contribution in [0.15, 0.2) is 72.8 Å². The number of methoxy groups -OCH3 is 2. The van der Waals surface area contributed by atoms with Crippen molar-refractivity contribution in [1.29, 1.82) is 0 Å². The van der Waals surface area contributed by atoms with Crippen LogP contribution >= 0.6 is 0 Å². The molecule has 0 fully saturated rings. The maximum Gasteiger partial charge on any atom is 0.244 e. The third kappa shape index (κ3) is 8.72. The van der Waals surface area contributed by atoms with E-state index in [9.17, 15) is 18.0 Å². The Labute approximate surface area is 249 Å². The summed E-state index contributed by atoms with van der Waals surface area (Å²) in [6, 6.07) is 20.8. The van der Waals surface area contributed by atoms with Gasteiger partial charge in [0.05, 0.1) is 26.2 Å². The number of nitrogens with zero attached hydrogens (tertiary/aromatic N) is 2. The van der Waals surface area contributed by atoms with Crippen LogP contribution in [0.4, 0.5) is 5.69 Å². The molecule has 0 saturated heterocycles. The van der Waals surface area contributed by atoms with E-state index in [1.807, 2.05) is 82.3 Å². The number of hydrogen-bond acceptors (Lipinski definition) is 6. The lowest BCUT2D eigenvalue weighted by Crippen LogP contribution is -2.56. The Balaban J connectivity index is 2.12. The first kappa shape index (κ1) is 32.5. The second-order valence-electron chi connectivity index (χ2n) is 11.2. The fourth-order valence-electron chi connectivity index (χ4n) is 4.56. The summed E-state index contributed by atoms with van der Waals surface area (Å²) < 4.78 is 37.9. The van der Waals surface area contributed by atoms with Crippen molar-refractivity contribution >= 4 is 27.5 Å². The minimum atomic E-state index is -3.95. The van der Waals surface area contributed by atoms with Crippen LogP contribution in [0.2, 0.25) is 0 Å². The Hall–Kier alpha value is -4.05. The van der Waals surface area contributed by atoms with Crippen LogP contribution in [0.3, 0.4) is 0 Å². The maximum absolute atomic E-state index is 14.3. The van der Waals surface area contributed by atoms with Gasteiger partial charge in [0.15, 0.2) is 0 Å². The van der Waals surface area contributed by atoms with Crippen molar-refractivity contribution in [2.24, 2.45) is 0 Å². The van der Waals surface area contributed by atoms with E-state index in [2.05, 4.69) is 5.32 Å². The third-order valence-electron chi connectivity index (χ3n) is 6.71. The Morgan fingerprint density at radius 3 is 2.14 bits per heavy atom. The van der Waals surface area contributed by atoms with E-state index < -0.39 is 34.1 Å². The van der Waals surface area contributed by atoms with E-state index in [-0.39, 0.29) is 30.3 Å². The van der Waals surface area contributed by atoms with Gasteiger partial charge in [0, 0.05) is 24.6 Å². The van der Waals surface area contributed by atoms with E-state index in [1.165, 1.54) is 25.2 Å². The second-order valence-corrected chi connectivity index (χ2v) is 13.1. The Bertz CT molecular complexity index is 1490. The van der Waals surface area contributed by atoms with Crippen LogP contribution < -0.4 is 19.1 Å². The highest BCUT2D eigenvalue weighted by atomic mass is 32.2. The van der Waals surface area contributed by atoms with Gasteiger partial charge in [0.2, 0.25) is 21.8 Å². The average Bonchev–Trinajstić information content (AvgIpc) is 2.93. The van der Waals surface area contributed by atoms with Crippen LogP contribution in [0, 0.1) is 6.92 Å². The molecule has 0 aliphatic carbocycles. The molecule has 1 unspecified atom stereocenters. The van der Waals surface area contributed by atoms with Crippen molar-refractivity contribution in [2.45, 2.75) is 52.2 Å². The zero-order valence-electron chi connectivity index (χ0n) is 25.4. The number of nitrogens with one attached hydrogen (secondary N) is 1. The topological polar surface area (TPSA) is 105 Å². The summed E-state index contributed by atoms with van der Waals surface area (Å²) in [5.74, 6) is -0.171. The Morgan fingerprint density at radius 1 is 0.929 bits per heavy atom. The first-order valence-electron chi connectivity index (χ1n) is 13.6. The molecule has 226 valence electrons. The lowest BCUT2D eigenvalue weighted by molar-refractivity contribution is -0.140. The fourth-order valence-corrected chi connectivity index (χ4v) is 5.42. The summed E-state index contributed by atoms with van der Waals surface area (Å²) in [6.45, 7) is 7.13. The van der Waals surface area contributed by atoms with Crippen molar-refractivity contribution in [2.75, 3.05) is 31.3 Å². The van der Waals surface area contributed by atoms with Gasteiger partial charge in [-0.3, -0.25) is 13.9 Å². The molecule has 0 radical (unpaired) electrons. The SMILES string of the molecule is COc1ccc(N(CC(=O)N(Cc2ccccc2C)C(Cc2ccccc2)C(=O)NC(C)(C)C)S(C)(=O)=O)c(OC)c1. The molecule has 0 saturated carbocycles. The van der Waals surface area contributed by atoms with Gasteiger partial charge in [-0.05, 0) is 56.5 Å². The average molecular weight is 596 g/mol. The molecule has 42 heavy (non-hydrogen) atoms. The number of amides is 2. The molecule has 9 nitrogen and oxygen atoms in total. The van der Waals surface area contributed by atoms with Gasteiger partial charge >= 0.3 is 0 Å². The van der Waals surface area contributed by atoms with Gasteiger partial charge in [-0.2, -0.15) is 0 Å². The maximum atomic E-state index is 14.3. The highest BCUT2D eigenvalue weighted by molar-refractivity contribution is 7.92. The van der Waals surface area contributed by atoms with E-state index >= 15 is 0 Å². The summed E-state index contributed by atoms with van der Waals surface area (Å²) in [7, 11) is -1.04. The van der Waals surface area contributed by atoms with Gasteiger partial charge < -0.3 is 19.7 Å². The van der Waals surface area contributed by atoms with Crippen LogP contribution in [0.5, 0.6) is 11.5 Å². The minimum absolute atomic E-state index is 0.109. The van der Waals surface area contributed by atoms with Crippen LogP contribution in [0.1, 0.15) is 37.5 Å². The largest absolute Gasteiger partial charge is 0.497 e. The fraction of sp³-hybridized carbons (Fsp3) is 0.375. The van der Waals surface area contributed by atoms with Crippen molar-refractivity contribution in [1.82, 2.24) is 10.2 Å². The Morgan fingerprint density at radius 2 is 1.57 bits per heavy atom. The number of ether oxygens (including phenoxy) is 2. The van der Waals surface area contributed by atoms with Crippen molar-refractivity contribution in [3.63, 3.8) is 0 Å². The predicted molar refractivity (Wildman–Crippen MR) is 165 cm³/mol. The molecule has 10 heteroatoms. The minimum Gasteiger partial charge on any atom is -0.497 e.